The minimum absolute atomic E-state index is 0.490. The highest BCUT2D eigenvalue weighted by Gasteiger charge is 2.26. The highest BCUT2D eigenvalue weighted by atomic mass is 16.5. The Morgan fingerprint density at radius 1 is 1.05 bits per heavy atom. The summed E-state index contributed by atoms with van der Waals surface area (Å²) < 4.78 is 5.14. The Morgan fingerprint density at radius 3 is 2.21 bits per heavy atom. The van der Waals surface area contributed by atoms with Gasteiger partial charge in [-0.25, -0.2) is 0 Å². The number of hydrogen-bond donors (Lipinski definition) is 0. The van der Waals surface area contributed by atoms with Gasteiger partial charge < -0.3 is 9.53 Å². The summed E-state index contributed by atoms with van der Waals surface area (Å²) in [6.07, 6.45) is 1.72. The van der Waals surface area contributed by atoms with Gasteiger partial charge >= 0.3 is 0 Å². The Bertz CT molecular complexity index is 531. The Morgan fingerprint density at radius 2 is 1.68 bits per heavy atom. The summed E-state index contributed by atoms with van der Waals surface area (Å²) in [5.74, 6) is 0.830. The Labute approximate surface area is 114 Å². The van der Waals surface area contributed by atoms with Crippen LogP contribution in [0.5, 0.6) is 5.75 Å². The van der Waals surface area contributed by atoms with E-state index in [0.717, 1.165) is 23.2 Å². The maximum atomic E-state index is 11.5. The summed E-state index contributed by atoms with van der Waals surface area (Å²) in [6.45, 7) is 1.97. The first-order valence-corrected chi connectivity index (χ1v) is 6.33. The molecule has 0 N–H and O–H groups in total. The number of methoxy groups -OCH3 is 1. The minimum atomic E-state index is -0.490. The number of rotatable bonds is 5. The first-order chi connectivity index (χ1) is 9.18. The van der Waals surface area contributed by atoms with Crippen molar-refractivity contribution in [3.8, 4) is 5.75 Å². The number of benzene rings is 2. The van der Waals surface area contributed by atoms with Gasteiger partial charge in [0.05, 0.1) is 12.5 Å². The van der Waals surface area contributed by atoms with Crippen molar-refractivity contribution in [2.45, 2.75) is 18.8 Å². The molecule has 2 heteroatoms. The van der Waals surface area contributed by atoms with Crippen LogP contribution in [0.1, 0.15) is 18.1 Å². The van der Waals surface area contributed by atoms with E-state index in [4.69, 9.17) is 4.74 Å². The fourth-order valence-corrected chi connectivity index (χ4v) is 2.20. The second-order valence-electron chi connectivity index (χ2n) is 4.93. The molecule has 0 fully saturated rings. The molecule has 2 nitrogen and oxygen atoms in total. The van der Waals surface area contributed by atoms with Gasteiger partial charge in [0.25, 0.3) is 0 Å². The maximum Gasteiger partial charge on any atom is 0.130 e. The van der Waals surface area contributed by atoms with Gasteiger partial charge in [-0.2, -0.15) is 0 Å². The van der Waals surface area contributed by atoms with Gasteiger partial charge in [0, 0.05) is 0 Å². The van der Waals surface area contributed by atoms with Crippen LogP contribution in [0.15, 0.2) is 54.6 Å². The standard InChI is InChI=1S/C17H18O2/c1-17(13-18,15-6-4-3-5-7-15)12-14-8-10-16(19-2)11-9-14/h3-11,13H,12H2,1-2H3. The molecule has 2 aromatic carbocycles. The molecule has 0 heterocycles. The molecule has 1 atom stereocenters. The molecule has 0 aromatic heterocycles. The predicted molar refractivity (Wildman–Crippen MR) is 76.6 cm³/mol. The van der Waals surface area contributed by atoms with Crippen LogP contribution in [0.25, 0.3) is 0 Å². The lowest BCUT2D eigenvalue weighted by Crippen LogP contribution is -2.26. The van der Waals surface area contributed by atoms with Crippen LogP contribution in [-0.2, 0) is 16.6 Å². The van der Waals surface area contributed by atoms with Crippen LogP contribution in [0.2, 0.25) is 0 Å². The van der Waals surface area contributed by atoms with Crippen molar-refractivity contribution >= 4 is 6.29 Å². The lowest BCUT2D eigenvalue weighted by Gasteiger charge is -2.23. The van der Waals surface area contributed by atoms with Crippen LogP contribution in [0, 0.1) is 0 Å². The summed E-state index contributed by atoms with van der Waals surface area (Å²) in [5, 5.41) is 0. The largest absolute Gasteiger partial charge is 0.497 e. The maximum absolute atomic E-state index is 11.5. The smallest absolute Gasteiger partial charge is 0.130 e. The molecule has 0 saturated carbocycles. The van der Waals surface area contributed by atoms with E-state index in [1.54, 1.807) is 7.11 Å². The second-order valence-corrected chi connectivity index (χ2v) is 4.93. The monoisotopic (exact) mass is 254 g/mol. The third-order valence-corrected chi connectivity index (χ3v) is 3.42. The van der Waals surface area contributed by atoms with Gasteiger partial charge in [-0.1, -0.05) is 42.5 Å². The van der Waals surface area contributed by atoms with Gasteiger partial charge in [0.1, 0.15) is 12.0 Å². The molecule has 1 unspecified atom stereocenters. The van der Waals surface area contributed by atoms with Crippen LogP contribution >= 0.6 is 0 Å². The second kappa shape index (κ2) is 5.70. The zero-order valence-corrected chi connectivity index (χ0v) is 11.3. The zero-order chi connectivity index (χ0) is 13.7. The van der Waals surface area contributed by atoms with Crippen LogP contribution in [0.3, 0.4) is 0 Å². The highest BCUT2D eigenvalue weighted by Crippen LogP contribution is 2.26. The molecule has 0 saturated heterocycles. The third kappa shape index (κ3) is 3.02. The molecule has 2 aromatic rings. The quantitative estimate of drug-likeness (QED) is 0.764. The number of aldehydes is 1. The summed E-state index contributed by atoms with van der Waals surface area (Å²) >= 11 is 0. The van der Waals surface area contributed by atoms with Crippen LogP contribution in [0.4, 0.5) is 0 Å². The van der Waals surface area contributed by atoms with Gasteiger partial charge in [0.15, 0.2) is 0 Å². The Hall–Kier alpha value is -2.09. The molecule has 0 radical (unpaired) electrons. The Balaban J connectivity index is 2.25. The molecule has 0 aliphatic rings. The molecule has 0 aliphatic carbocycles. The van der Waals surface area contributed by atoms with Crippen molar-refractivity contribution in [3.63, 3.8) is 0 Å². The van der Waals surface area contributed by atoms with Crippen molar-refractivity contribution < 1.29 is 9.53 Å². The van der Waals surface area contributed by atoms with Gasteiger partial charge in [0.2, 0.25) is 0 Å². The first-order valence-electron chi connectivity index (χ1n) is 6.33. The van der Waals surface area contributed by atoms with E-state index >= 15 is 0 Å². The lowest BCUT2D eigenvalue weighted by molar-refractivity contribution is -0.112. The van der Waals surface area contributed by atoms with Gasteiger partial charge in [-0.05, 0) is 36.6 Å². The molecule has 0 aliphatic heterocycles. The molecule has 0 spiro atoms. The van der Waals surface area contributed by atoms with E-state index in [1.807, 2.05) is 61.5 Å². The minimum Gasteiger partial charge on any atom is -0.497 e. The highest BCUT2D eigenvalue weighted by molar-refractivity contribution is 5.68. The summed E-state index contributed by atoms with van der Waals surface area (Å²) in [4.78, 5) is 11.5. The molecule has 0 amide bonds. The zero-order valence-electron chi connectivity index (χ0n) is 11.3. The lowest BCUT2D eigenvalue weighted by atomic mass is 9.79. The van der Waals surface area contributed by atoms with Crippen molar-refractivity contribution in [2.75, 3.05) is 7.11 Å². The van der Waals surface area contributed by atoms with Crippen molar-refractivity contribution in [1.82, 2.24) is 0 Å². The summed E-state index contributed by atoms with van der Waals surface area (Å²) in [7, 11) is 1.65. The first kappa shape index (κ1) is 13.3. The van der Waals surface area contributed by atoms with E-state index < -0.39 is 5.41 Å². The number of hydrogen-bond acceptors (Lipinski definition) is 2. The van der Waals surface area contributed by atoms with E-state index in [0.29, 0.717) is 6.42 Å². The van der Waals surface area contributed by atoms with Crippen LogP contribution in [-0.4, -0.2) is 13.4 Å². The normalized spacial score (nSPS) is 13.6. The predicted octanol–water partition coefficient (Wildman–Crippen LogP) is 3.39. The topological polar surface area (TPSA) is 26.3 Å². The fourth-order valence-electron chi connectivity index (χ4n) is 2.20. The van der Waals surface area contributed by atoms with E-state index in [-0.39, 0.29) is 0 Å². The van der Waals surface area contributed by atoms with Gasteiger partial charge in [-0.3, -0.25) is 0 Å². The molecule has 0 bridgehead atoms. The van der Waals surface area contributed by atoms with E-state index in [1.165, 1.54) is 0 Å². The summed E-state index contributed by atoms with van der Waals surface area (Å²) in [6, 6.07) is 17.7. The average molecular weight is 254 g/mol. The summed E-state index contributed by atoms with van der Waals surface area (Å²) in [5.41, 5.74) is 1.68. The van der Waals surface area contributed by atoms with Crippen LogP contribution < -0.4 is 4.74 Å². The molecule has 2 rings (SSSR count). The number of ether oxygens (including phenoxy) is 1. The average Bonchev–Trinajstić information content (AvgIpc) is 2.49. The van der Waals surface area contributed by atoms with E-state index in [9.17, 15) is 4.79 Å². The van der Waals surface area contributed by atoms with Crippen molar-refractivity contribution in [2.24, 2.45) is 0 Å². The fraction of sp³-hybridized carbons (Fsp3) is 0.235. The third-order valence-electron chi connectivity index (χ3n) is 3.42. The number of carbonyl (C=O) groups excluding carboxylic acids is 1. The van der Waals surface area contributed by atoms with E-state index in [2.05, 4.69) is 0 Å². The Kier molecular flexibility index (Phi) is 4.00. The number of carbonyl (C=O) groups is 1. The van der Waals surface area contributed by atoms with Crippen molar-refractivity contribution in [3.05, 3.63) is 65.7 Å². The SMILES string of the molecule is COc1ccc(CC(C)(C=O)c2ccccc2)cc1. The van der Waals surface area contributed by atoms with Gasteiger partial charge in [-0.15, -0.1) is 0 Å². The molecule has 19 heavy (non-hydrogen) atoms. The molecular formula is C17H18O2. The molecule has 98 valence electrons. The molecular weight excluding hydrogens is 236 g/mol. The van der Waals surface area contributed by atoms with Crippen molar-refractivity contribution in [1.29, 1.82) is 0 Å².